The number of rotatable bonds is 14. The minimum atomic E-state index is -0.670. The Morgan fingerprint density at radius 2 is 1.70 bits per heavy atom. The first-order valence-electron chi connectivity index (χ1n) is 19.0. The third kappa shape index (κ3) is 9.35. The quantitative estimate of drug-likeness (QED) is 0.127. The molecule has 0 radical (unpaired) electrons. The van der Waals surface area contributed by atoms with Gasteiger partial charge in [-0.15, -0.1) is 0 Å². The standard InChI is InChI=1S/C43H45Cl2FN4O4/c44-38-21-30(26-49-32-8-10-33(51)11-9-32)41(53-27-29-20-28(23-47)24-48-25-29)22-42(38)54-39-13-12-35-34(4-1-5-36(35)39)37-6-2-7-40(43(37)45)52-19-3-16-50-17-14-31(46)15-18-50/h1-2,4-7,20-22,24-25,31-32,39,49H,3,8-19,26-27H2/t39-/m0/s1. The van der Waals surface area contributed by atoms with Gasteiger partial charge in [-0.05, 0) is 79.8 Å². The van der Waals surface area contributed by atoms with Crippen molar-refractivity contribution in [1.29, 1.82) is 5.26 Å². The van der Waals surface area contributed by atoms with Crippen LogP contribution in [0.2, 0.25) is 10.0 Å². The molecule has 1 aromatic heterocycles. The lowest BCUT2D eigenvalue weighted by Gasteiger charge is -2.28. The maximum absolute atomic E-state index is 13.5. The van der Waals surface area contributed by atoms with Gasteiger partial charge in [-0.2, -0.15) is 5.26 Å². The lowest BCUT2D eigenvalue weighted by atomic mass is 9.94. The van der Waals surface area contributed by atoms with E-state index in [0.29, 0.717) is 77.5 Å². The first-order chi connectivity index (χ1) is 26.3. The van der Waals surface area contributed by atoms with Crippen molar-refractivity contribution in [3.05, 3.63) is 105 Å². The van der Waals surface area contributed by atoms with Gasteiger partial charge in [0, 0.05) is 80.2 Å². The summed E-state index contributed by atoms with van der Waals surface area (Å²) in [5.41, 5.74) is 6.35. The Kier molecular flexibility index (Phi) is 12.7. The van der Waals surface area contributed by atoms with Crippen LogP contribution in [0.3, 0.4) is 0 Å². The molecule has 0 spiro atoms. The molecule has 0 bridgehead atoms. The number of nitriles is 1. The van der Waals surface area contributed by atoms with Crippen molar-refractivity contribution in [1.82, 2.24) is 15.2 Å². The molecule has 2 aliphatic carbocycles. The number of aromatic nitrogens is 1. The number of carbonyl (C=O) groups is 1. The molecule has 8 nitrogen and oxygen atoms in total. The van der Waals surface area contributed by atoms with Crippen LogP contribution in [-0.4, -0.2) is 54.1 Å². The second-order valence-corrected chi connectivity index (χ2v) is 15.2. The van der Waals surface area contributed by atoms with Gasteiger partial charge in [-0.3, -0.25) is 9.78 Å². The van der Waals surface area contributed by atoms with E-state index in [1.165, 1.54) is 11.8 Å². The van der Waals surface area contributed by atoms with Crippen LogP contribution in [0.1, 0.15) is 85.3 Å². The van der Waals surface area contributed by atoms with E-state index < -0.39 is 6.17 Å². The third-order valence-electron chi connectivity index (χ3n) is 10.7. The number of fused-ring (bicyclic) bond motifs is 1. The summed E-state index contributed by atoms with van der Waals surface area (Å²) < 4.78 is 32.7. The summed E-state index contributed by atoms with van der Waals surface area (Å²) in [5, 5.41) is 14.0. The van der Waals surface area contributed by atoms with Crippen LogP contribution < -0.4 is 19.5 Å². The Bertz CT molecular complexity index is 1990. The number of likely N-dealkylation sites (tertiary alicyclic amines) is 1. The number of nitrogens with zero attached hydrogens (tertiary/aromatic N) is 3. The highest BCUT2D eigenvalue weighted by Gasteiger charge is 2.29. The molecule has 54 heavy (non-hydrogen) atoms. The summed E-state index contributed by atoms with van der Waals surface area (Å²) in [6, 6.07) is 20.0. The molecule has 282 valence electrons. The number of alkyl halides is 1. The van der Waals surface area contributed by atoms with Gasteiger partial charge < -0.3 is 24.4 Å². The number of ketones is 1. The summed E-state index contributed by atoms with van der Waals surface area (Å²) in [7, 11) is 0. The first kappa shape index (κ1) is 38.1. The molecule has 11 heteroatoms. The summed E-state index contributed by atoms with van der Waals surface area (Å²) in [5.74, 6) is 2.11. The maximum Gasteiger partial charge on any atom is 0.142 e. The molecule has 1 saturated carbocycles. The Labute approximate surface area is 326 Å². The monoisotopic (exact) mass is 770 g/mol. The van der Waals surface area contributed by atoms with E-state index in [9.17, 15) is 14.4 Å². The van der Waals surface area contributed by atoms with Crippen LogP contribution >= 0.6 is 23.2 Å². The topological polar surface area (TPSA) is 96.7 Å². The second kappa shape index (κ2) is 18.0. The second-order valence-electron chi connectivity index (χ2n) is 14.4. The fraction of sp³-hybridized carbons (Fsp3) is 0.419. The molecule has 1 N–H and O–H groups in total. The lowest BCUT2D eigenvalue weighted by molar-refractivity contribution is -0.120. The zero-order chi connectivity index (χ0) is 37.4. The Hall–Kier alpha value is -4.20. The van der Waals surface area contributed by atoms with E-state index >= 15 is 0 Å². The molecule has 1 saturated heterocycles. The summed E-state index contributed by atoms with van der Waals surface area (Å²) in [6.07, 6.45) is 8.76. The van der Waals surface area contributed by atoms with Gasteiger partial charge in [0.2, 0.25) is 0 Å². The van der Waals surface area contributed by atoms with E-state index in [0.717, 1.165) is 79.6 Å². The first-order valence-corrected chi connectivity index (χ1v) is 19.7. The van der Waals surface area contributed by atoms with E-state index in [1.807, 2.05) is 36.4 Å². The van der Waals surface area contributed by atoms with Crippen molar-refractivity contribution in [3.63, 3.8) is 0 Å². The smallest absolute Gasteiger partial charge is 0.142 e. The lowest BCUT2D eigenvalue weighted by Crippen LogP contribution is -2.35. The molecule has 2 heterocycles. The third-order valence-corrected chi connectivity index (χ3v) is 11.4. The van der Waals surface area contributed by atoms with Crippen molar-refractivity contribution in [3.8, 4) is 34.4 Å². The molecule has 3 aromatic carbocycles. The number of hydrogen-bond acceptors (Lipinski definition) is 8. The number of halogens is 3. The minimum Gasteiger partial charge on any atom is -0.492 e. The highest BCUT2D eigenvalue weighted by Crippen LogP contribution is 2.45. The van der Waals surface area contributed by atoms with Gasteiger partial charge in [0.1, 0.15) is 48.0 Å². The highest BCUT2D eigenvalue weighted by molar-refractivity contribution is 6.35. The number of carbonyl (C=O) groups excluding carboxylic acids is 1. The Morgan fingerprint density at radius 3 is 2.52 bits per heavy atom. The number of pyridine rings is 1. The van der Waals surface area contributed by atoms with Crippen molar-refractivity contribution >= 4 is 29.0 Å². The van der Waals surface area contributed by atoms with Crippen LogP contribution in [0.5, 0.6) is 17.2 Å². The zero-order valence-corrected chi connectivity index (χ0v) is 31.8. The molecular formula is C43H45Cl2FN4O4. The fourth-order valence-electron chi connectivity index (χ4n) is 7.70. The van der Waals surface area contributed by atoms with Gasteiger partial charge in [-0.1, -0.05) is 53.5 Å². The Balaban J connectivity index is 1.06. The average Bonchev–Trinajstić information content (AvgIpc) is 3.60. The van der Waals surface area contributed by atoms with Crippen LogP contribution in [0.15, 0.2) is 67.0 Å². The molecule has 1 atom stereocenters. The molecule has 2 fully saturated rings. The molecular weight excluding hydrogens is 726 g/mol. The van der Waals surface area contributed by atoms with Crippen molar-refractivity contribution in [2.45, 2.75) is 89.3 Å². The number of hydrogen-bond donors (Lipinski definition) is 1. The van der Waals surface area contributed by atoms with Crippen molar-refractivity contribution in [2.24, 2.45) is 0 Å². The van der Waals surface area contributed by atoms with Gasteiger partial charge >= 0.3 is 0 Å². The van der Waals surface area contributed by atoms with Crippen LogP contribution in [-0.2, 0) is 24.4 Å². The molecule has 0 unspecified atom stereocenters. The minimum absolute atomic E-state index is 0.215. The molecule has 0 amide bonds. The SMILES string of the molecule is N#Cc1cncc(COc2cc(O[C@H]3CCc4c(-c5cccc(OCCCN6CCC(F)CC6)c5Cl)cccc43)c(Cl)cc2CNC2CCC(=O)CC2)c1. The molecule has 3 aliphatic rings. The number of benzene rings is 3. The van der Waals surface area contributed by atoms with Gasteiger partial charge in [0.15, 0.2) is 0 Å². The Morgan fingerprint density at radius 1 is 0.907 bits per heavy atom. The van der Waals surface area contributed by atoms with Crippen molar-refractivity contribution < 1.29 is 23.4 Å². The normalized spacial score (nSPS) is 18.0. The van der Waals surface area contributed by atoms with Gasteiger partial charge in [0.25, 0.3) is 0 Å². The van der Waals surface area contributed by atoms with E-state index in [4.69, 9.17) is 37.4 Å². The van der Waals surface area contributed by atoms with Crippen molar-refractivity contribution in [2.75, 3.05) is 26.2 Å². The molecule has 4 aromatic rings. The largest absolute Gasteiger partial charge is 0.492 e. The molecule has 1 aliphatic heterocycles. The van der Waals surface area contributed by atoms with E-state index in [-0.39, 0.29) is 18.8 Å². The number of piperidine rings is 1. The average molecular weight is 772 g/mol. The van der Waals surface area contributed by atoms with Crippen LogP contribution in [0, 0.1) is 11.3 Å². The maximum atomic E-state index is 13.5. The van der Waals surface area contributed by atoms with Gasteiger partial charge in [0.05, 0.1) is 22.2 Å². The fourth-order valence-corrected chi connectivity index (χ4v) is 8.21. The van der Waals surface area contributed by atoms with E-state index in [2.05, 4.69) is 33.4 Å². The highest BCUT2D eigenvalue weighted by atomic mass is 35.5. The predicted molar refractivity (Wildman–Crippen MR) is 208 cm³/mol. The van der Waals surface area contributed by atoms with Crippen LogP contribution in [0.4, 0.5) is 4.39 Å². The summed E-state index contributed by atoms with van der Waals surface area (Å²) in [4.78, 5) is 18.3. The molecule has 7 rings (SSSR count). The number of ether oxygens (including phenoxy) is 3. The number of nitrogens with one attached hydrogen (secondary N) is 1. The van der Waals surface area contributed by atoms with Gasteiger partial charge in [-0.25, -0.2) is 4.39 Å². The van der Waals surface area contributed by atoms with Crippen LogP contribution in [0.25, 0.3) is 11.1 Å². The zero-order valence-electron chi connectivity index (χ0n) is 30.3. The van der Waals surface area contributed by atoms with E-state index in [1.54, 1.807) is 12.3 Å². The number of Topliss-reactive ketones (excluding diaryl/α,β-unsaturated/α-hetero) is 1. The summed E-state index contributed by atoms with van der Waals surface area (Å²) >= 11 is 13.9. The predicted octanol–water partition coefficient (Wildman–Crippen LogP) is 9.38. The summed E-state index contributed by atoms with van der Waals surface area (Å²) in [6.45, 7) is 3.75.